The predicted molar refractivity (Wildman–Crippen MR) is 133 cm³/mol. The van der Waals surface area contributed by atoms with Gasteiger partial charge in [0.05, 0.1) is 11.7 Å². The molecule has 0 amide bonds. The van der Waals surface area contributed by atoms with E-state index >= 15 is 0 Å². The van der Waals surface area contributed by atoms with Crippen molar-refractivity contribution in [3.8, 4) is 11.3 Å². The number of anilines is 2. The normalized spacial score (nSPS) is 15.3. The first-order valence-electron chi connectivity index (χ1n) is 12.0. The Bertz CT molecular complexity index is 1360. The highest BCUT2D eigenvalue weighted by Gasteiger charge is 2.20. The number of pyridine rings is 1. The molecular formula is C26H29F2N7. The number of nitrogens with zero attached hydrogens (tertiary/aromatic N) is 6. The number of aryl methyl sites for hydroxylation is 1. The molecule has 1 fully saturated rings. The predicted octanol–water partition coefficient (Wildman–Crippen LogP) is 5.96. The summed E-state index contributed by atoms with van der Waals surface area (Å²) < 4.78 is 31.6. The van der Waals surface area contributed by atoms with Crippen LogP contribution in [0.3, 0.4) is 0 Å². The number of hydrogen-bond acceptors (Lipinski definition) is 6. The number of nitrogens with one attached hydrogen (secondary N) is 1. The van der Waals surface area contributed by atoms with Crippen LogP contribution in [-0.2, 0) is 0 Å². The zero-order chi connectivity index (χ0) is 24.7. The van der Waals surface area contributed by atoms with Crippen molar-refractivity contribution in [1.82, 2.24) is 29.4 Å². The first-order valence-corrected chi connectivity index (χ1v) is 12.0. The average molecular weight is 478 g/mol. The Hall–Kier alpha value is -3.46. The number of imidazole rings is 1. The van der Waals surface area contributed by atoms with E-state index in [1.54, 1.807) is 6.07 Å². The second kappa shape index (κ2) is 9.30. The zero-order valence-electron chi connectivity index (χ0n) is 20.4. The summed E-state index contributed by atoms with van der Waals surface area (Å²) in [6.45, 7) is 10.2. The molecule has 182 valence electrons. The van der Waals surface area contributed by atoms with Crippen LogP contribution in [-0.4, -0.2) is 42.5 Å². The van der Waals surface area contributed by atoms with E-state index in [1.165, 1.54) is 18.9 Å². The SMILES string of the molecule is Cc1nc2c(F)cc(-c3nc(Nc4ccc([C@@H](C)N5CCCC5)cn4)ncc3F)cc2n1C(C)C. The lowest BCUT2D eigenvalue weighted by Gasteiger charge is -2.23. The standard InChI is InChI=1S/C26H29F2N7/c1-15(2)35-17(4)31-25-20(27)11-19(12-22(25)35)24-21(28)14-30-26(33-24)32-23-8-7-18(13-29-23)16(3)34-9-5-6-10-34/h7-8,11-16H,5-6,9-10H2,1-4H3,(H,29,30,32,33)/t16-/m1/s1. The molecule has 1 N–H and O–H groups in total. The van der Waals surface area contributed by atoms with Gasteiger partial charge in [0.2, 0.25) is 5.95 Å². The fourth-order valence-electron chi connectivity index (χ4n) is 4.87. The molecule has 1 aromatic carbocycles. The third-order valence-corrected chi connectivity index (χ3v) is 6.66. The second-order valence-electron chi connectivity index (χ2n) is 9.36. The van der Waals surface area contributed by atoms with Crippen molar-refractivity contribution < 1.29 is 8.78 Å². The van der Waals surface area contributed by atoms with Crippen molar-refractivity contribution in [3.63, 3.8) is 0 Å². The topological polar surface area (TPSA) is 71.8 Å². The van der Waals surface area contributed by atoms with E-state index in [-0.39, 0.29) is 23.2 Å². The highest BCUT2D eigenvalue weighted by atomic mass is 19.1. The van der Waals surface area contributed by atoms with Crippen LogP contribution in [0.4, 0.5) is 20.5 Å². The van der Waals surface area contributed by atoms with Crippen molar-refractivity contribution in [2.24, 2.45) is 0 Å². The van der Waals surface area contributed by atoms with Gasteiger partial charge < -0.3 is 9.88 Å². The number of hydrogen-bond donors (Lipinski definition) is 1. The molecule has 9 heteroatoms. The zero-order valence-corrected chi connectivity index (χ0v) is 20.4. The van der Waals surface area contributed by atoms with Gasteiger partial charge in [-0.3, -0.25) is 4.90 Å². The molecule has 4 aromatic rings. The summed E-state index contributed by atoms with van der Waals surface area (Å²) in [6, 6.07) is 7.26. The highest BCUT2D eigenvalue weighted by Crippen LogP contribution is 2.31. The number of likely N-dealkylation sites (tertiary alicyclic amines) is 1. The largest absolute Gasteiger partial charge is 0.326 e. The molecule has 1 aliphatic heterocycles. The van der Waals surface area contributed by atoms with E-state index in [2.05, 4.69) is 37.1 Å². The summed E-state index contributed by atoms with van der Waals surface area (Å²) in [5.41, 5.74) is 2.34. The lowest BCUT2D eigenvalue weighted by molar-refractivity contribution is 0.263. The van der Waals surface area contributed by atoms with E-state index in [1.807, 2.05) is 43.7 Å². The minimum atomic E-state index is -0.635. The van der Waals surface area contributed by atoms with E-state index in [9.17, 15) is 8.78 Å². The number of aromatic nitrogens is 5. The van der Waals surface area contributed by atoms with Crippen molar-refractivity contribution in [2.75, 3.05) is 18.4 Å². The summed E-state index contributed by atoms with van der Waals surface area (Å²) in [6.07, 6.45) is 5.39. The van der Waals surface area contributed by atoms with E-state index in [0.717, 1.165) is 24.8 Å². The second-order valence-corrected chi connectivity index (χ2v) is 9.36. The summed E-state index contributed by atoms with van der Waals surface area (Å²) in [5, 5.41) is 3.04. The van der Waals surface area contributed by atoms with Crippen LogP contribution in [0.25, 0.3) is 22.3 Å². The van der Waals surface area contributed by atoms with Crippen LogP contribution in [0, 0.1) is 18.6 Å². The van der Waals surface area contributed by atoms with Gasteiger partial charge in [-0.1, -0.05) is 6.07 Å². The lowest BCUT2D eigenvalue weighted by Crippen LogP contribution is -2.23. The van der Waals surface area contributed by atoms with Gasteiger partial charge in [0, 0.05) is 23.8 Å². The molecule has 0 saturated carbocycles. The van der Waals surface area contributed by atoms with Crippen LogP contribution < -0.4 is 5.32 Å². The lowest BCUT2D eigenvalue weighted by atomic mass is 10.1. The molecule has 3 aromatic heterocycles. The molecule has 1 aliphatic rings. The fraction of sp³-hybridized carbons (Fsp3) is 0.385. The van der Waals surface area contributed by atoms with Crippen molar-refractivity contribution in [3.05, 3.63) is 59.7 Å². The first kappa shape index (κ1) is 23.3. The summed E-state index contributed by atoms with van der Waals surface area (Å²) in [7, 11) is 0. The molecule has 1 saturated heterocycles. The van der Waals surface area contributed by atoms with Crippen molar-refractivity contribution in [2.45, 2.75) is 52.6 Å². The fourth-order valence-corrected chi connectivity index (χ4v) is 4.87. The van der Waals surface area contributed by atoms with Crippen LogP contribution in [0.2, 0.25) is 0 Å². The molecule has 0 spiro atoms. The van der Waals surface area contributed by atoms with Gasteiger partial charge in [-0.25, -0.2) is 28.7 Å². The minimum absolute atomic E-state index is 0.0109. The van der Waals surface area contributed by atoms with E-state index in [0.29, 0.717) is 28.8 Å². The Kier molecular flexibility index (Phi) is 6.19. The monoisotopic (exact) mass is 477 g/mol. The first-order chi connectivity index (χ1) is 16.8. The average Bonchev–Trinajstić information content (AvgIpc) is 3.48. The van der Waals surface area contributed by atoms with Gasteiger partial charge in [-0.2, -0.15) is 0 Å². The maximum absolute atomic E-state index is 14.9. The van der Waals surface area contributed by atoms with Crippen LogP contribution >= 0.6 is 0 Å². The third kappa shape index (κ3) is 4.48. The third-order valence-electron chi connectivity index (χ3n) is 6.66. The Morgan fingerprint density at radius 2 is 1.71 bits per heavy atom. The van der Waals surface area contributed by atoms with Crippen LogP contribution in [0.15, 0.2) is 36.7 Å². The highest BCUT2D eigenvalue weighted by molar-refractivity contribution is 5.83. The minimum Gasteiger partial charge on any atom is -0.326 e. The molecular weight excluding hydrogens is 448 g/mol. The molecule has 7 nitrogen and oxygen atoms in total. The summed E-state index contributed by atoms with van der Waals surface area (Å²) in [4.78, 5) is 19.7. The molecule has 0 bridgehead atoms. The van der Waals surface area contributed by atoms with Gasteiger partial charge in [-0.05, 0) is 77.4 Å². The molecule has 1 atom stereocenters. The van der Waals surface area contributed by atoms with Crippen molar-refractivity contribution >= 4 is 22.8 Å². The molecule has 0 radical (unpaired) electrons. The summed E-state index contributed by atoms with van der Waals surface area (Å²) >= 11 is 0. The van der Waals surface area contributed by atoms with Gasteiger partial charge in [0.1, 0.15) is 22.9 Å². The Labute approximate surface area is 203 Å². The Balaban J connectivity index is 1.43. The molecule has 0 aliphatic carbocycles. The van der Waals surface area contributed by atoms with Crippen molar-refractivity contribution in [1.29, 1.82) is 0 Å². The maximum Gasteiger partial charge on any atom is 0.229 e. The van der Waals surface area contributed by atoms with E-state index in [4.69, 9.17) is 0 Å². The summed E-state index contributed by atoms with van der Waals surface area (Å²) in [5.74, 6) is 0.282. The van der Waals surface area contributed by atoms with Crippen LogP contribution in [0.1, 0.15) is 57.1 Å². The van der Waals surface area contributed by atoms with Gasteiger partial charge in [0.15, 0.2) is 11.6 Å². The molecule has 4 heterocycles. The molecule has 5 rings (SSSR count). The Morgan fingerprint density at radius 3 is 2.40 bits per heavy atom. The smallest absolute Gasteiger partial charge is 0.229 e. The maximum atomic E-state index is 14.9. The number of fused-ring (bicyclic) bond motifs is 1. The number of rotatable bonds is 6. The Morgan fingerprint density at radius 1 is 0.943 bits per heavy atom. The molecule has 0 unspecified atom stereocenters. The van der Waals surface area contributed by atoms with Gasteiger partial charge in [-0.15, -0.1) is 0 Å². The van der Waals surface area contributed by atoms with E-state index < -0.39 is 11.6 Å². The van der Waals surface area contributed by atoms with Crippen LogP contribution in [0.5, 0.6) is 0 Å². The van der Waals surface area contributed by atoms with Gasteiger partial charge in [0.25, 0.3) is 0 Å². The number of halogens is 2. The number of benzene rings is 1. The van der Waals surface area contributed by atoms with Gasteiger partial charge >= 0.3 is 0 Å². The quantitative estimate of drug-likeness (QED) is 0.370. The molecule has 35 heavy (non-hydrogen) atoms.